The predicted molar refractivity (Wildman–Crippen MR) is 125 cm³/mol. The maximum absolute atomic E-state index is 14.3. The Morgan fingerprint density at radius 3 is 2.31 bits per heavy atom. The maximum Gasteiger partial charge on any atom is 0.428 e. The van der Waals surface area contributed by atoms with Gasteiger partial charge in [0.15, 0.2) is 11.6 Å². The fourth-order valence-electron chi connectivity index (χ4n) is 3.98. The molecule has 35 heavy (non-hydrogen) atoms. The number of benzene rings is 3. The molecule has 4 rings (SSSR count). The number of fused-ring (bicyclic) bond motifs is 1. The Bertz CT molecular complexity index is 1410. The van der Waals surface area contributed by atoms with Crippen molar-refractivity contribution in [3.05, 3.63) is 95.3 Å². The number of hydrogen-bond acceptors (Lipinski definition) is 4. The number of amides is 1. The summed E-state index contributed by atoms with van der Waals surface area (Å²) in [5.41, 5.74) is -2.22. The number of carbonyl (C=O) groups is 2. The highest BCUT2D eigenvalue weighted by Crippen LogP contribution is 2.44. The van der Waals surface area contributed by atoms with Gasteiger partial charge in [-0.2, -0.15) is 13.2 Å². The van der Waals surface area contributed by atoms with Crippen LogP contribution in [0.2, 0.25) is 0 Å². The van der Waals surface area contributed by atoms with Crippen molar-refractivity contribution < 1.29 is 27.9 Å². The molecular formula is C26H22F3N3O3. The van der Waals surface area contributed by atoms with E-state index < -0.39 is 23.5 Å². The summed E-state index contributed by atoms with van der Waals surface area (Å²) >= 11 is 0. The first-order chi connectivity index (χ1) is 16.6. The summed E-state index contributed by atoms with van der Waals surface area (Å²) in [6.07, 6.45) is -5.05. The Kier molecular flexibility index (Phi) is 6.21. The Labute approximate surface area is 199 Å². The van der Waals surface area contributed by atoms with E-state index in [-0.39, 0.29) is 34.5 Å². The van der Waals surface area contributed by atoms with Gasteiger partial charge in [0.05, 0.1) is 11.0 Å². The SMILES string of the molecule is CCn1c(C(O)(c2ccccc2)C(F)(F)F)nc2ccc(C(=O)Nc3cccc(C(C)=O)c3)cc21. The maximum atomic E-state index is 14.3. The molecule has 0 spiro atoms. The molecule has 1 atom stereocenters. The molecule has 4 aromatic rings. The lowest BCUT2D eigenvalue weighted by atomic mass is 9.92. The third-order valence-corrected chi connectivity index (χ3v) is 5.78. The quantitative estimate of drug-likeness (QED) is 0.366. The molecule has 6 nitrogen and oxygen atoms in total. The second-order valence-electron chi connectivity index (χ2n) is 8.05. The minimum atomic E-state index is -5.05. The van der Waals surface area contributed by atoms with E-state index in [0.717, 1.165) is 0 Å². The van der Waals surface area contributed by atoms with Crippen LogP contribution in [0.4, 0.5) is 18.9 Å². The van der Waals surface area contributed by atoms with Crippen molar-refractivity contribution in [2.45, 2.75) is 32.2 Å². The van der Waals surface area contributed by atoms with E-state index in [2.05, 4.69) is 10.3 Å². The summed E-state index contributed by atoms with van der Waals surface area (Å²) in [6, 6.07) is 17.5. The summed E-state index contributed by atoms with van der Waals surface area (Å²) in [6.45, 7) is 3.12. The average Bonchev–Trinajstić information content (AvgIpc) is 3.21. The van der Waals surface area contributed by atoms with Gasteiger partial charge in [-0.15, -0.1) is 0 Å². The van der Waals surface area contributed by atoms with Crippen molar-refractivity contribution in [1.82, 2.24) is 9.55 Å². The number of aliphatic hydroxyl groups is 1. The normalized spacial score (nSPS) is 13.4. The van der Waals surface area contributed by atoms with Gasteiger partial charge >= 0.3 is 6.18 Å². The van der Waals surface area contributed by atoms with Gasteiger partial charge in [-0.25, -0.2) is 4.98 Å². The molecule has 0 aliphatic heterocycles. The largest absolute Gasteiger partial charge is 0.428 e. The number of carbonyl (C=O) groups excluding carboxylic acids is 2. The van der Waals surface area contributed by atoms with Crippen molar-refractivity contribution in [2.24, 2.45) is 0 Å². The monoisotopic (exact) mass is 481 g/mol. The molecule has 3 aromatic carbocycles. The van der Waals surface area contributed by atoms with Crippen LogP contribution >= 0.6 is 0 Å². The van der Waals surface area contributed by atoms with Crippen LogP contribution in [0.5, 0.6) is 0 Å². The summed E-state index contributed by atoms with van der Waals surface area (Å²) < 4.78 is 44.1. The number of imidazole rings is 1. The van der Waals surface area contributed by atoms with Crippen LogP contribution in [0, 0.1) is 0 Å². The number of aromatic nitrogens is 2. The standard InChI is InChI=1S/C26H22F3N3O3/c1-3-32-22-15-18(23(34)30-20-11-7-8-17(14-20)16(2)33)12-13-21(22)31-24(32)25(35,26(27,28)29)19-9-5-4-6-10-19/h4-15,35H,3H2,1-2H3,(H,30,34). The zero-order valence-electron chi connectivity index (χ0n) is 18.9. The van der Waals surface area contributed by atoms with Crippen LogP contribution in [-0.2, 0) is 12.1 Å². The Morgan fingerprint density at radius 2 is 1.69 bits per heavy atom. The van der Waals surface area contributed by atoms with Crippen LogP contribution in [0.15, 0.2) is 72.8 Å². The van der Waals surface area contributed by atoms with Gasteiger partial charge in [0.1, 0.15) is 0 Å². The first-order valence-corrected chi connectivity index (χ1v) is 10.8. The predicted octanol–water partition coefficient (Wildman–Crippen LogP) is 5.31. The molecule has 1 amide bonds. The zero-order chi connectivity index (χ0) is 25.4. The van der Waals surface area contributed by atoms with E-state index in [4.69, 9.17) is 0 Å². The van der Waals surface area contributed by atoms with E-state index in [1.54, 1.807) is 31.2 Å². The molecule has 0 saturated carbocycles. The molecular weight excluding hydrogens is 459 g/mol. The molecule has 180 valence electrons. The van der Waals surface area contributed by atoms with Crippen LogP contribution < -0.4 is 5.32 Å². The highest BCUT2D eigenvalue weighted by molar-refractivity contribution is 6.06. The molecule has 1 heterocycles. The second kappa shape index (κ2) is 8.99. The van der Waals surface area contributed by atoms with E-state index in [9.17, 15) is 27.9 Å². The van der Waals surface area contributed by atoms with Gasteiger partial charge in [0.2, 0.25) is 5.60 Å². The number of halogens is 3. The number of ketones is 1. The van der Waals surface area contributed by atoms with Gasteiger partial charge in [-0.3, -0.25) is 9.59 Å². The lowest BCUT2D eigenvalue weighted by Gasteiger charge is -2.30. The van der Waals surface area contributed by atoms with Gasteiger partial charge in [-0.05, 0) is 44.2 Å². The molecule has 9 heteroatoms. The third kappa shape index (κ3) is 4.30. The van der Waals surface area contributed by atoms with Gasteiger partial charge < -0.3 is 15.0 Å². The average molecular weight is 481 g/mol. The number of hydrogen-bond donors (Lipinski definition) is 2. The van der Waals surface area contributed by atoms with Crippen molar-refractivity contribution in [2.75, 3.05) is 5.32 Å². The number of rotatable bonds is 6. The number of Topliss-reactive ketones (excluding diaryl/α,β-unsaturated/α-hetero) is 1. The second-order valence-corrected chi connectivity index (χ2v) is 8.05. The molecule has 1 aromatic heterocycles. The molecule has 0 radical (unpaired) electrons. The van der Waals surface area contributed by atoms with Gasteiger partial charge in [-0.1, -0.05) is 42.5 Å². The number of alkyl halides is 3. The number of anilines is 1. The van der Waals surface area contributed by atoms with Crippen molar-refractivity contribution in [1.29, 1.82) is 0 Å². The molecule has 0 fully saturated rings. The Morgan fingerprint density at radius 1 is 0.971 bits per heavy atom. The van der Waals surface area contributed by atoms with Gasteiger partial charge in [0.25, 0.3) is 5.91 Å². The smallest absolute Gasteiger partial charge is 0.370 e. The number of nitrogens with zero attached hydrogens (tertiary/aromatic N) is 2. The van der Waals surface area contributed by atoms with E-state index in [1.165, 1.54) is 60.0 Å². The van der Waals surface area contributed by atoms with Crippen LogP contribution in [0.25, 0.3) is 11.0 Å². The first kappa shape index (κ1) is 24.2. The minimum Gasteiger partial charge on any atom is -0.370 e. The minimum absolute atomic E-state index is 0.0722. The highest BCUT2D eigenvalue weighted by Gasteiger charge is 2.59. The molecule has 1 unspecified atom stereocenters. The van der Waals surface area contributed by atoms with Crippen molar-refractivity contribution in [3.8, 4) is 0 Å². The van der Waals surface area contributed by atoms with Crippen LogP contribution in [-0.4, -0.2) is 32.5 Å². The van der Waals surface area contributed by atoms with Crippen molar-refractivity contribution in [3.63, 3.8) is 0 Å². The third-order valence-electron chi connectivity index (χ3n) is 5.78. The number of aryl methyl sites for hydroxylation is 1. The lowest BCUT2D eigenvalue weighted by molar-refractivity contribution is -0.252. The number of nitrogens with one attached hydrogen (secondary N) is 1. The molecule has 0 aliphatic carbocycles. The summed E-state index contributed by atoms with van der Waals surface area (Å²) in [5, 5.41) is 13.7. The van der Waals surface area contributed by atoms with E-state index in [1.807, 2.05) is 0 Å². The lowest BCUT2D eigenvalue weighted by Crippen LogP contribution is -2.45. The molecule has 2 N–H and O–H groups in total. The molecule has 0 aliphatic rings. The van der Waals surface area contributed by atoms with Gasteiger partial charge in [0, 0.05) is 28.9 Å². The van der Waals surface area contributed by atoms with E-state index >= 15 is 0 Å². The summed E-state index contributed by atoms with van der Waals surface area (Å²) in [4.78, 5) is 28.6. The molecule has 0 bridgehead atoms. The fourth-order valence-corrected chi connectivity index (χ4v) is 3.98. The van der Waals surface area contributed by atoms with Crippen LogP contribution in [0.3, 0.4) is 0 Å². The Balaban J connectivity index is 1.79. The summed E-state index contributed by atoms with van der Waals surface area (Å²) in [5.74, 6) is -1.25. The Hall–Kier alpha value is -3.98. The topological polar surface area (TPSA) is 84.2 Å². The fraction of sp³-hybridized carbons (Fsp3) is 0.192. The van der Waals surface area contributed by atoms with Crippen LogP contribution in [0.1, 0.15) is 46.0 Å². The first-order valence-electron chi connectivity index (χ1n) is 10.8. The zero-order valence-corrected chi connectivity index (χ0v) is 18.9. The molecule has 0 saturated heterocycles. The van der Waals surface area contributed by atoms with E-state index in [0.29, 0.717) is 11.3 Å². The van der Waals surface area contributed by atoms with Crippen molar-refractivity contribution >= 4 is 28.4 Å². The summed E-state index contributed by atoms with van der Waals surface area (Å²) in [7, 11) is 0. The highest BCUT2D eigenvalue weighted by atomic mass is 19.4.